The lowest BCUT2D eigenvalue weighted by atomic mass is 9.98. The summed E-state index contributed by atoms with van der Waals surface area (Å²) >= 11 is 1.99. The monoisotopic (exact) mass is 268 g/mol. The first kappa shape index (κ1) is 13.8. The maximum absolute atomic E-state index is 13.0. The first-order chi connectivity index (χ1) is 8.59. The smallest absolute Gasteiger partial charge is 0.123 e. The van der Waals surface area contributed by atoms with E-state index >= 15 is 0 Å². The molecule has 1 saturated heterocycles. The number of rotatable bonds is 4. The van der Waals surface area contributed by atoms with Gasteiger partial charge in [-0.1, -0.05) is 12.1 Å². The maximum Gasteiger partial charge on any atom is 0.123 e. The average molecular weight is 268 g/mol. The van der Waals surface area contributed by atoms with E-state index in [-0.39, 0.29) is 17.9 Å². The third-order valence-corrected chi connectivity index (χ3v) is 4.77. The van der Waals surface area contributed by atoms with Crippen LogP contribution in [0.25, 0.3) is 0 Å². The standard InChI is InChI=1S/C14H21FN2S/c1-10(16)14(11-3-5-12(15)6-4-11)17(2)13-7-8-18-9-13/h3-6,10,13-14H,7-9,16H2,1-2H3. The van der Waals surface area contributed by atoms with Crippen molar-refractivity contribution in [3.05, 3.63) is 35.6 Å². The van der Waals surface area contributed by atoms with Crippen molar-refractivity contribution in [1.82, 2.24) is 4.90 Å². The summed E-state index contributed by atoms with van der Waals surface area (Å²) in [6, 6.07) is 7.50. The molecule has 1 fully saturated rings. The number of hydrogen-bond acceptors (Lipinski definition) is 3. The Bertz CT molecular complexity index is 374. The molecular formula is C14H21FN2S. The summed E-state index contributed by atoms with van der Waals surface area (Å²) in [6.07, 6.45) is 1.21. The summed E-state index contributed by atoms with van der Waals surface area (Å²) in [5.74, 6) is 2.20. The van der Waals surface area contributed by atoms with Gasteiger partial charge in [0.15, 0.2) is 0 Å². The van der Waals surface area contributed by atoms with E-state index in [2.05, 4.69) is 11.9 Å². The third kappa shape index (κ3) is 3.05. The lowest BCUT2D eigenvalue weighted by molar-refractivity contribution is 0.168. The van der Waals surface area contributed by atoms with Gasteiger partial charge in [-0.3, -0.25) is 4.90 Å². The Labute approximate surface area is 113 Å². The molecule has 3 atom stereocenters. The van der Waals surface area contributed by atoms with Crippen molar-refractivity contribution in [2.45, 2.75) is 31.5 Å². The van der Waals surface area contributed by atoms with Crippen molar-refractivity contribution in [1.29, 1.82) is 0 Å². The van der Waals surface area contributed by atoms with E-state index in [0.717, 1.165) is 5.56 Å². The van der Waals surface area contributed by atoms with E-state index in [1.165, 1.54) is 30.1 Å². The Morgan fingerprint density at radius 3 is 2.56 bits per heavy atom. The van der Waals surface area contributed by atoms with Crippen molar-refractivity contribution >= 4 is 11.8 Å². The number of benzene rings is 1. The zero-order chi connectivity index (χ0) is 13.1. The fourth-order valence-corrected chi connectivity index (χ4v) is 3.92. The van der Waals surface area contributed by atoms with Crippen LogP contribution in [0.1, 0.15) is 24.9 Å². The number of nitrogens with zero attached hydrogens (tertiary/aromatic N) is 1. The van der Waals surface area contributed by atoms with E-state index in [9.17, 15) is 4.39 Å². The Hall–Kier alpha value is -0.580. The molecule has 0 saturated carbocycles. The highest BCUT2D eigenvalue weighted by molar-refractivity contribution is 7.99. The van der Waals surface area contributed by atoms with Crippen molar-refractivity contribution in [3.63, 3.8) is 0 Å². The second-order valence-corrected chi connectivity index (χ2v) is 6.19. The zero-order valence-electron chi connectivity index (χ0n) is 11.0. The summed E-state index contributed by atoms with van der Waals surface area (Å²) in [5.41, 5.74) is 7.24. The molecule has 1 aromatic carbocycles. The van der Waals surface area contributed by atoms with Crippen molar-refractivity contribution < 1.29 is 4.39 Å². The van der Waals surface area contributed by atoms with Gasteiger partial charge in [-0.15, -0.1) is 0 Å². The number of nitrogens with two attached hydrogens (primary N) is 1. The number of thioether (sulfide) groups is 1. The van der Waals surface area contributed by atoms with Gasteiger partial charge >= 0.3 is 0 Å². The maximum atomic E-state index is 13.0. The van der Waals surface area contributed by atoms with Gasteiger partial charge in [0.25, 0.3) is 0 Å². The quantitative estimate of drug-likeness (QED) is 0.910. The summed E-state index contributed by atoms with van der Waals surface area (Å²) < 4.78 is 13.0. The molecule has 0 aromatic heterocycles. The van der Waals surface area contributed by atoms with Crippen LogP contribution >= 0.6 is 11.8 Å². The molecule has 2 nitrogen and oxygen atoms in total. The fraction of sp³-hybridized carbons (Fsp3) is 0.571. The van der Waals surface area contributed by atoms with E-state index < -0.39 is 0 Å². The Morgan fingerprint density at radius 1 is 1.39 bits per heavy atom. The van der Waals surface area contributed by atoms with Crippen LogP contribution in [0.15, 0.2) is 24.3 Å². The molecule has 2 rings (SSSR count). The van der Waals surface area contributed by atoms with Crippen LogP contribution in [0.5, 0.6) is 0 Å². The van der Waals surface area contributed by atoms with Crippen LogP contribution in [-0.4, -0.2) is 35.5 Å². The number of likely N-dealkylation sites (N-methyl/N-ethyl adjacent to an activating group) is 1. The minimum Gasteiger partial charge on any atom is -0.326 e. The molecule has 0 aliphatic carbocycles. The summed E-state index contributed by atoms with van der Waals surface area (Å²) in [7, 11) is 2.13. The van der Waals surface area contributed by atoms with Gasteiger partial charge in [0, 0.05) is 23.9 Å². The molecule has 4 heteroatoms. The fourth-order valence-electron chi connectivity index (χ4n) is 2.64. The molecule has 1 heterocycles. The van der Waals surface area contributed by atoms with Crippen molar-refractivity contribution in [2.75, 3.05) is 18.6 Å². The summed E-state index contributed by atoms with van der Waals surface area (Å²) in [5, 5.41) is 0. The van der Waals surface area contributed by atoms with Gasteiger partial charge in [-0.25, -0.2) is 4.39 Å². The van der Waals surface area contributed by atoms with Crippen LogP contribution in [0.4, 0.5) is 4.39 Å². The molecular weight excluding hydrogens is 247 g/mol. The van der Waals surface area contributed by atoms with Crippen LogP contribution in [0, 0.1) is 5.82 Å². The van der Waals surface area contributed by atoms with E-state index in [1.807, 2.05) is 30.8 Å². The minimum absolute atomic E-state index is 0.0334. The Balaban J connectivity index is 2.19. The van der Waals surface area contributed by atoms with Crippen LogP contribution < -0.4 is 5.73 Å². The molecule has 3 unspecified atom stereocenters. The minimum atomic E-state index is -0.193. The predicted octanol–water partition coefficient (Wildman–Crippen LogP) is 2.65. The average Bonchev–Trinajstić information content (AvgIpc) is 2.85. The molecule has 1 aliphatic heterocycles. The Morgan fingerprint density at radius 2 is 2.06 bits per heavy atom. The lowest BCUT2D eigenvalue weighted by Gasteiger charge is -2.35. The number of halogens is 1. The molecule has 1 aliphatic rings. The first-order valence-electron chi connectivity index (χ1n) is 6.40. The second-order valence-electron chi connectivity index (χ2n) is 5.04. The van der Waals surface area contributed by atoms with E-state index in [4.69, 9.17) is 5.73 Å². The first-order valence-corrected chi connectivity index (χ1v) is 7.56. The summed E-state index contributed by atoms with van der Waals surface area (Å²) in [4.78, 5) is 2.36. The third-order valence-electron chi connectivity index (χ3n) is 3.63. The molecule has 18 heavy (non-hydrogen) atoms. The highest BCUT2D eigenvalue weighted by Gasteiger charge is 2.29. The largest absolute Gasteiger partial charge is 0.326 e. The van der Waals surface area contributed by atoms with Gasteiger partial charge in [-0.05, 0) is 43.8 Å². The highest BCUT2D eigenvalue weighted by atomic mass is 32.2. The van der Waals surface area contributed by atoms with Gasteiger partial charge in [-0.2, -0.15) is 11.8 Å². The molecule has 1 aromatic rings. The zero-order valence-corrected chi connectivity index (χ0v) is 11.8. The Kier molecular flexibility index (Phi) is 4.65. The second kappa shape index (κ2) is 6.04. The van der Waals surface area contributed by atoms with E-state index in [1.54, 1.807) is 0 Å². The van der Waals surface area contributed by atoms with Gasteiger partial charge in [0.05, 0.1) is 0 Å². The van der Waals surface area contributed by atoms with Crippen LogP contribution in [0.3, 0.4) is 0 Å². The number of hydrogen-bond donors (Lipinski definition) is 1. The summed E-state index contributed by atoms with van der Waals surface area (Å²) in [6.45, 7) is 2.02. The highest BCUT2D eigenvalue weighted by Crippen LogP contribution is 2.30. The molecule has 0 radical (unpaired) electrons. The van der Waals surface area contributed by atoms with Gasteiger partial charge in [0.2, 0.25) is 0 Å². The molecule has 0 spiro atoms. The predicted molar refractivity (Wildman–Crippen MR) is 76.3 cm³/mol. The van der Waals surface area contributed by atoms with Crippen LogP contribution in [-0.2, 0) is 0 Å². The van der Waals surface area contributed by atoms with Gasteiger partial charge in [0.1, 0.15) is 5.82 Å². The normalized spacial score (nSPS) is 23.3. The lowest BCUT2D eigenvalue weighted by Crippen LogP contribution is -2.43. The van der Waals surface area contributed by atoms with Crippen LogP contribution in [0.2, 0.25) is 0 Å². The molecule has 2 N–H and O–H groups in total. The van der Waals surface area contributed by atoms with Crippen molar-refractivity contribution in [3.8, 4) is 0 Å². The SMILES string of the molecule is CC(N)C(c1ccc(F)cc1)N(C)C1CCSC1. The van der Waals surface area contributed by atoms with Gasteiger partial charge < -0.3 is 5.73 Å². The molecule has 0 bridgehead atoms. The molecule has 100 valence electrons. The van der Waals surface area contributed by atoms with Crippen molar-refractivity contribution in [2.24, 2.45) is 5.73 Å². The topological polar surface area (TPSA) is 29.3 Å². The molecule has 0 amide bonds. The van der Waals surface area contributed by atoms with E-state index in [0.29, 0.717) is 6.04 Å².